The number of nitrogens with one attached hydrogen (secondary N) is 3. The average molecular weight is 536 g/mol. The van der Waals surface area contributed by atoms with E-state index in [-0.39, 0.29) is 23.9 Å². The van der Waals surface area contributed by atoms with E-state index < -0.39 is 6.04 Å². The maximum absolute atomic E-state index is 13.4. The summed E-state index contributed by atoms with van der Waals surface area (Å²) in [6.07, 6.45) is 1.55. The Kier molecular flexibility index (Phi) is 7.44. The Balaban J connectivity index is 1.29. The molecule has 11 heteroatoms. The second-order valence-corrected chi connectivity index (χ2v) is 9.87. The number of aromatic nitrogens is 3. The van der Waals surface area contributed by atoms with Crippen LogP contribution >= 0.6 is 11.6 Å². The zero-order valence-electron chi connectivity index (χ0n) is 21.5. The monoisotopic (exact) mass is 535 g/mol. The lowest BCUT2D eigenvalue weighted by Crippen LogP contribution is -2.46. The van der Waals surface area contributed by atoms with E-state index in [4.69, 9.17) is 16.3 Å². The van der Waals surface area contributed by atoms with Gasteiger partial charge in [-0.1, -0.05) is 29.8 Å². The fourth-order valence-corrected chi connectivity index (χ4v) is 4.65. The van der Waals surface area contributed by atoms with E-state index in [1.54, 1.807) is 24.1 Å². The molecule has 3 N–H and O–H groups in total. The number of fused-ring (bicyclic) bond motifs is 1. The summed E-state index contributed by atoms with van der Waals surface area (Å²) in [5.41, 5.74) is 3.36. The van der Waals surface area contributed by atoms with Gasteiger partial charge in [-0.15, -0.1) is 0 Å². The largest absolute Gasteiger partial charge is 0.377 e. The minimum Gasteiger partial charge on any atom is -0.377 e. The maximum Gasteiger partial charge on any atom is 0.255 e. The first-order valence-electron chi connectivity index (χ1n) is 12.7. The molecule has 198 valence electrons. The molecule has 2 aliphatic rings. The molecule has 2 aliphatic heterocycles. The van der Waals surface area contributed by atoms with Gasteiger partial charge in [-0.25, -0.2) is 15.0 Å². The lowest BCUT2D eigenvalue weighted by molar-refractivity contribution is -0.125. The number of hydrogen-bond donors (Lipinski definition) is 3. The molecular weight excluding hydrogens is 506 g/mol. The zero-order valence-corrected chi connectivity index (χ0v) is 22.2. The van der Waals surface area contributed by atoms with Crippen LogP contribution in [0.4, 0.5) is 11.8 Å². The average Bonchev–Trinajstić information content (AvgIpc) is 3.22. The van der Waals surface area contributed by atoms with Crippen molar-refractivity contribution in [3.05, 3.63) is 64.4 Å². The molecule has 3 aromatic rings. The Hall–Kier alpha value is -3.76. The minimum atomic E-state index is -0.666. The highest BCUT2D eigenvalue weighted by molar-refractivity contribution is 6.33. The standard InChI is InChI=1S/C27H30ClN7O3/c1-4-29-23-7-5-6-22(33-23)15(2)31-25(36)16(3)35-12-18-9-8-17(10-20(18)26(35)37)24-21(28)11-30-27(34-24)32-19-13-38-14-19/h5-11,15-16,19H,4,12-14H2,1-3H3,(H,29,33)(H,31,36)(H,30,32,34)/t15-,16-/m1/s1. The predicted octanol–water partition coefficient (Wildman–Crippen LogP) is 3.66. The number of amides is 2. The van der Waals surface area contributed by atoms with Gasteiger partial charge in [-0.3, -0.25) is 9.59 Å². The van der Waals surface area contributed by atoms with Crippen LogP contribution in [-0.4, -0.2) is 63.5 Å². The lowest BCUT2D eigenvalue weighted by Gasteiger charge is -2.26. The maximum atomic E-state index is 13.4. The summed E-state index contributed by atoms with van der Waals surface area (Å²) in [5.74, 6) is 0.753. The number of carbonyl (C=O) groups is 2. The molecule has 38 heavy (non-hydrogen) atoms. The Bertz CT molecular complexity index is 1360. The molecular formula is C27H30ClN7O3. The Morgan fingerprint density at radius 2 is 2.03 bits per heavy atom. The Morgan fingerprint density at radius 3 is 2.76 bits per heavy atom. The number of rotatable bonds is 9. The SMILES string of the molecule is CCNc1cccc([C@@H](C)NC(=O)[C@@H](C)N2Cc3ccc(-c4nc(NC5COC5)ncc4Cl)cc3C2=O)n1. The van der Waals surface area contributed by atoms with Crippen molar-refractivity contribution in [3.8, 4) is 11.3 Å². The van der Waals surface area contributed by atoms with Crippen molar-refractivity contribution < 1.29 is 14.3 Å². The molecule has 2 amide bonds. The van der Waals surface area contributed by atoms with Crippen LogP contribution in [0.5, 0.6) is 0 Å². The third-order valence-corrected chi connectivity index (χ3v) is 6.99. The molecule has 2 aromatic heterocycles. The molecule has 1 aromatic carbocycles. The van der Waals surface area contributed by atoms with E-state index in [0.29, 0.717) is 47.6 Å². The third-order valence-electron chi connectivity index (χ3n) is 6.71. The molecule has 0 saturated carbocycles. The van der Waals surface area contributed by atoms with Crippen LogP contribution in [0.2, 0.25) is 5.02 Å². The van der Waals surface area contributed by atoms with Gasteiger partial charge < -0.3 is 25.6 Å². The van der Waals surface area contributed by atoms with E-state index in [1.807, 2.05) is 44.2 Å². The van der Waals surface area contributed by atoms with Crippen molar-refractivity contribution in [1.29, 1.82) is 0 Å². The molecule has 4 heterocycles. The highest BCUT2D eigenvalue weighted by Crippen LogP contribution is 2.32. The fourth-order valence-electron chi connectivity index (χ4n) is 4.45. The van der Waals surface area contributed by atoms with Crippen LogP contribution in [0.25, 0.3) is 11.3 Å². The van der Waals surface area contributed by atoms with Crippen molar-refractivity contribution in [2.24, 2.45) is 0 Å². The Labute approximate surface area is 226 Å². The molecule has 1 saturated heterocycles. The summed E-state index contributed by atoms with van der Waals surface area (Å²) >= 11 is 6.41. The zero-order chi connectivity index (χ0) is 26.8. The van der Waals surface area contributed by atoms with Gasteiger partial charge >= 0.3 is 0 Å². The van der Waals surface area contributed by atoms with Crippen LogP contribution in [0.15, 0.2) is 42.6 Å². The smallest absolute Gasteiger partial charge is 0.255 e. The Morgan fingerprint density at radius 1 is 1.21 bits per heavy atom. The summed E-state index contributed by atoms with van der Waals surface area (Å²) in [5, 5.41) is 9.77. The highest BCUT2D eigenvalue weighted by Gasteiger charge is 2.35. The molecule has 2 atom stereocenters. The van der Waals surface area contributed by atoms with Crippen LogP contribution in [0, 0.1) is 0 Å². The summed E-state index contributed by atoms with van der Waals surface area (Å²) in [6, 6.07) is 10.4. The number of benzene rings is 1. The first-order chi connectivity index (χ1) is 18.3. The van der Waals surface area contributed by atoms with Crippen LogP contribution in [0.1, 0.15) is 48.4 Å². The molecule has 10 nitrogen and oxygen atoms in total. The lowest BCUT2D eigenvalue weighted by atomic mass is 10.0. The van der Waals surface area contributed by atoms with Gasteiger partial charge in [0, 0.05) is 24.2 Å². The minimum absolute atomic E-state index is 0.169. The van der Waals surface area contributed by atoms with Gasteiger partial charge in [0.05, 0.1) is 47.9 Å². The summed E-state index contributed by atoms with van der Waals surface area (Å²) in [6.45, 7) is 7.92. The van der Waals surface area contributed by atoms with Gasteiger partial charge in [0.1, 0.15) is 11.9 Å². The number of nitrogens with zero attached hydrogens (tertiary/aromatic N) is 4. The number of pyridine rings is 1. The van der Waals surface area contributed by atoms with E-state index in [2.05, 4.69) is 30.9 Å². The third kappa shape index (κ3) is 5.27. The number of halogens is 1. The molecule has 0 unspecified atom stereocenters. The molecule has 0 aliphatic carbocycles. The number of carbonyl (C=O) groups excluding carboxylic acids is 2. The van der Waals surface area contributed by atoms with E-state index in [9.17, 15) is 9.59 Å². The van der Waals surface area contributed by atoms with Gasteiger partial charge in [0.25, 0.3) is 5.91 Å². The topological polar surface area (TPSA) is 121 Å². The second-order valence-electron chi connectivity index (χ2n) is 9.46. The normalized spacial score (nSPS) is 16.4. The number of ether oxygens (including phenoxy) is 1. The fraction of sp³-hybridized carbons (Fsp3) is 0.370. The highest BCUT2D eigenvalue weighted by atomic mass is 35.5. The quantitative estimate of drug-likeness (QED) is 0.379. The molecule has 0 spiro atoms. The molecule has 1 fully saturated rings. The van der Waals surface area contributed by atoms with Gasteiger partial charge in [0.15, 0.2) is 0 Å². The molecule has 0 radical (unpaired) electrons. The van der Waals surface area contributed by atoms with Gasteiger partial charge in [-0.2, -0.15) is 0 Å². The van der Waals surface area contributed by atoms with Crippen molar-refractivity contribution >= 4 is 35.2 Å². The summed E-state index contributed by atoms with van der Waals surface area (Å²) < 4.78 is 5.19. The van der Waals surface area contributed by atoms with Crippen molar-refractivity contribution in [2.75, 3.05) is 30.4 Å². The predicted molar refractivity (Wildman–Crippen MR) is 145 cm³/mol. The van der Waals surface area contributed by atoms with E-state index >= 15 is 0 Å². The van der Waals surface area contributed by atoms with Crippen LogP contribution in [-0.2, 0) is 16.1 Å². The summed E-state index contributed by atoms with van der Waals surface area (Å²) in [4.78, 5) is 41.4. The van der Waals surface area contributed by atoms with Gasteiger partial charge in [-0.05, 0) is 44.5 Å². The van der Waals surface area contributed by atoms with Gasteiger partial charge in [0.2, 0.25) is 11.9 Å². The number of hydrogen-bond acceptors (Lipinski definition) is 8. The first-order valence-corrected chi connectivity index (χ1v) is 13.0. The molecule has 5 rings (SSSR count). The van der Waals surface area contributed by atoms with E-state index in [0.717, 1.165) is 23.6 Å². The second kappa shape index (κ2) is 10.9. The molecule has 0 bridgehead atoms. The van der Waals surface area contributed by atoms with E-state index in [1.165, 1.54) is 0 Å². The van der Waals surface area contributed by atoms with Crippen molar-refractivity contribution in [2.45, 2.75) is 45.4 Å². The van der Waals surface area contributed by atoms with Crippen molar-refractivity contribution in [3.63, 3.8) is 0 Å². The van der Waals surface area contributed by atoms with Crippen LogP contribution in [0.3, 0.4) is 0 Å². The van der Waals surface area contributed by atoms with Crippen molar-refractivity contribution in [1.82, 2.24) is 25.2 Å². The summed E-state index contributed by atoms with van der Waals surface area (Å²) in [7, 11) is 0. The first kappa shape index (κ1) is 25.9. The van der Waals surface area contributed by atoms with Crippen LogP contribution < -0.4 is 16.0 Å². The number of anilines is 2.